The summed E-state index contributed by atoms with van der Waals surface area (Å²) in [5, 5.41) is 0. The fourth-order valence-corrected chi connectivity index (χ4v) is 4.21. The highest BCUT2D eigenvalue weighted by atomic mass is 28.3. The standard InChI is InChI=1S/C16H24Si/c1-5-8-11-14-17(4,15-12-9-6-2)16-13-10-7-3/h5-13H,1-3,14-16H2,4H3/b11-8+,12-9+,13-10+. The summed E-state index contributed by atoms with van der Waals surface area (Å²) in [6.45, 7) is 13.5. The molecular weight excluding hydrogens is 220 g/mol. The second-order valence-corrected chi connectivity index (χ2v) is 9.26. The Hall–Kier alpha value is -1.34. The van der Waals surface area contributed by atoms with E-state index in [1.54, 1.807) is 0 Å². The summed E-state index contributed by atoms with van der Waals surface area (Å²) in [7, 11) is -1.26. The van der Waals surface area contributed by atoms with Crippen LogP contribution in [0.1, 0.15) is 0 Å². The van der Waals surface area contributed by atoms with E-state index in [4.69, 9.17) is 0 Å². The van der Waals surface area contributed by atoms with Gasteiger partial charge in [-0.05, 0) is 18.1 Å². The molecule has 0 fully saturated rings. The van der Waals surface area contributed by atoms with Gasteiger partial charge in [0, 0.05) is 0 Å². The fourth-order valence-electron chi connectivity index (χ4n) is 1.60. The van der Waals surface area contributed by atoms with Gasteiger partial charge in [-0.25, -0.2) is 0 Å². The molecule has 0 unspecified atom stereocenters. The second-order valence-electron chi connectivity index (χ2n) is 4.41. The average molecular weight is 244 g/mol. The van der Waals surface area contributed by atoms with Crippen molar-refractivity contribution in [2.45, 2.75) is 24.7 Å². The van der Waals surface area contributed by atoms with Crippen LogP contribution in [0.5, 0.6) is 0 Å². The molecule has 0 nitrogen and oxygen atoms in total. The maximum atomic E-state index is 3.71. The molecule has 0 aliphatic rings. The van der Waals surface area contributed by atoms with Crippen molar-refractivity contribution in [3.05, 3.63) is 74.4 Å². The lowest BCUT2D eigenvalue weighted by Gasteiger charge is -2.23. The van der Waals surface area contributed by atoms with E-state index in [1.165, 1.54) is 18.1 Å². The molecule has 0 saturated heterocycles. The normalized spacial score (nSPS) is 12.5. The van der Waals surface area contributed by atoms with E-state index in [-0.39, 0.29) is 0 Å². The van der Waals surface area contributed by atoms with Crippen LogP contribution in [0, 0.1) is 0 Å². The minimum absolute atomic E-state index is 1.18. The summed E-state index contributed by atoms with van der Waals surface area (Å²) in [4.78, 5) is 0. The molecule has 17 heavy (non-hydrogen) atoms. The van der Waals surface area contributed by atoms with E-state index in [0.29, 0.717) is 0 Å². The lowest BCUT2D eigenvalue weighted by atomic mass is 10.5. The molecule has 0 rings (SSSR count). The van der Waals surface area contributed by atoms with Crippen LogP contribution in [0.2, 0.25) is 24.7 Å². The summed E-state index contributed by atoms with van der Waals surface area (Å²) < 4.78 is 0. The molecule has 0 N–H and O–H groups in total. The van der Waals surface area contributed by atoms with Crippen LogP contribution < -0.4 is 0 Å². The van der Waals surface area contributed by atoms with Gasteiger partial charge < -0.3 is 0 Å². The first kappa shape index (κ1) is 15.7. The fraction of sp³-hybridized carbons (Fsp3) is 0.250. The third kappa shape index (κ3) is 8.46. The minimum atomic E-state index is -1.26. The zero-order chi connectivity index (χ0) is 13.0. The molecule has 92 valence electrons. The Bertz CT molecular complexity index is 268. The summed E-state index contributed by atoms with van der Waals surface area (Å²) in [6.07, 6.45) is 18.4. The predicted octanol–water partition coefficient (Wildman–Crippen LogP) is 5.29. The Balaban J connectivity index is 4.52. The monoisotopic (exact) mass is 244 g/mol. The lowest BCUT2D eigenvalue weighted by molar-refractivity contribution is 1.34. The van der Waals surface area contributed by atoms with Gasteiger partial charge in [0.25, 0.3) is 0 Å². The van der Waals surface area contributed by atoms with Crippen LogP contribution >= 0.6 is 0 Å². The molecule has 0 heterocycles. The van der Waals surface area contributed by atoms with E-state index in [1.807, 2.05) is 36.5 Å². The molecular formula is C16H24Si. The smallest absolute Gasteiger partial charge is 0.0617 e. The molecule has 0 aromatic heterocycles. The average Bonchev–Trinajstić information content (AvgIpc) is 2.30. The minimum Gasteiger partial charge on any atom is -0.0991 e. The van der Waals surface area contributed by atoms with E-state index >= 15 is 0 Å². The molecule has 0 atom stereocenters. The maximum absolute atomic E-state index is 3.71. The van der Waals surface area contributed by atoms with Gasteiger partial charge in [0.15, 0.2) is 0 Å². The van der Waals surface area contributed by atoms with Crippen molar-refractivity contribution in [1.82, 2.24) is 0 Å². The third-order valence-electron chi connectivity index (χ3n) is 2.65. The molecule has 0 aliphatic heterocycles. The third-order valence-corrected chi connectivity index (χ3v) is 6.31. The quantitative estimate of drug-likeness (QED) is 0.382. The van der Waals surface area contributed by atoms with E-state index in [9.17, 15) is 0 Å². The molecule has 0 spiro atoms. The van der Waals surface area contributed by atoms with Crippen molar-refractivity contribution >= 4 is 8.07 Å². The Morgan fingerprint density at radius 3 is 1.24 bits per heavy atom. The summed E-state index contributed by atoms with van der Waals surface area (Å²) in [5.74, 6) is 0. The van der Waals surface area contributed by atoms with Crippen molar-refractivity contribution in [2.24, 2.45) is 0 Å². The highest BCUT2D eigenvalue weighted by molar-refractivity contribution is 6.79. The van der Waals surface area contributed by atoms with Gasteiger partial charge in [-0.2, -0.15) is 0 Å². The van der Waals surface area contributed by atoms with Crippen molar-refractivity contribution in [3.63, 3.8) is 0 Å². The van der Waals surface area contributed by atoms with Crippen molar-refractivity contribution in [2.75, 3.05) is 0 Å². The van der Waals surface area contributed by atoms with Crippen molar-refractivity contribution in [3.8, 4) is 0 Å². The van der Waals surface area contributed by atoms with E-state index in [2.05, 4.69) is 44.5 Å². The largest absolute Gasteiger partial charge is 0.0991 e. The molecule has 0 amide bonds. The molecule has 0 saturated carbocycles. The van der Waals surface area contributed by atoms with Gasteiger partial charge in [-0.1, -0.05) is 81.0 Å². The molecule has 1 heteroatoms. The summed E-state index contributed by atoms with van der Waals surface area (Å²) in [6, 6.07) is 3.55. The Morgan fingerprint density at radius 2 is 1.00 bits per heavy atom. The van der Waals surface area contributed by atoms with Gasteiger partial charge in [0.1, 0.15) is 0 Å². The van der Waals surface area contributed by atoms with Crippen LogP contribution in [0.15, 0.2) is 74.4 Å². The SMILES string of the molecule is C=C/C=C/C[Si](C)(C/C=C/C=C)C/C=C/C=C. The van der Waals surface area contributed by atoms with E-state index < -0.39 is 8.07 Å². The second kappa shape index (κ2) is 9.85. The van der Waals surface area contributed by atoms with Gasteiger partial charge in [-0.3, -0.25) is 0 Å². The van der Waals surface area contributed by atoms with Gasteiger partial charge in [-0.15, -0.1) is 0 Å². The summed E-state index contributed by atoms with van der Waals surface area (Å²) in [5.41, 5.74) is 0. The van der Waals surface area contributed by atoms with Gasteiger partial charge >= 0.3 is 0 Å². The molecule has 0 bridgehead atoms. The highest BCUT2D eigenvalue weighted by Crippen LogP contribution is 2.23. The summed E-state index contributed by atoms with van der Waals surface area (Å²) >= 11 is 0. The molecule has 0 aliphatic carbocycles. The van der Waals surface area contributed by atoms with Gasteiger partial charge in [0.05, 0.1) is 8.07 Å². The molecule has 0 radical (unpaired) electrons. The molecule has 0 aromatic carbocycles. The van der Waals surface area contributed by atoms with Gasteiger partial charge in [0.2, 0.25) is 0 Å². The van der Waals surface area contributed by atoms with Crippen molar-refractivity contribution < 1.29 is 0 Å². The van der Waals surface area contributed by atoms with Crippen LogP contribution in [0.4, 0.5) is 0 Å². The Morgan fingerprint density at radius 1 is 0.706 bits per heavy atom. The first-order chi connectivity index (χ1) is 8.18. The van der Waals surface area contributed by atoms with Crippen LogP contribution in [0.3, 0.4) is 0 Å². The number of allylic oxidation sites excluding steroid dienone is 9. The number of rotatable bonds is 9. The van der Waals surface area contributed by atoms with Crippen LogP contribution in [-0.2, 0) is 0 Å². The Kier molecular flexibility index (Phi) is 9.07. The first-order valence-corrected chi connectivity index (χ1v) is 9.13. The van der Waals surface area contributed by atoms with Crippen LogP contribution in [-0.4, -0.2) is 8.07 Å². The highest BCUT2D eigenvalue weighted by Gasteiger charge is 2.22. The number of hydrogen-bond donors (Lipinski definition) is 0. The van der Waals surface area contributed by atoms with E-state index in [0.717, 1.165) is 0 Å². The van der Waals surface area contributed by atoms with Crippen LogP contribution in [0.25, 0.3) is 0 Å². The predicted molar refractivity (Wildman–Crippen MR) is 84.1 cm³/mol. The van der Waals surface area contributed by atoms with Crippen molar-refractivity contribution in [1.29, 1.82) is 0 Å². The Labute approximate surface area is 107 Å². The molecule has 0 aromatic rings. The number of hydrogen-bond acceptors (Lipinski definition) is 0. The zero-order valence-electron chi connectivity index (χ0n) is 10.9. The first-order valence-electron chi connectivity index (χ1n) is 6.01. The topological polar surface area (TPSA) is 0 Å². The zero-order valence-corrected chi connectivity index (χ0v) is 11.9. The lowest BCUT2D eigenvalue weighted by Crippen LogP contribution is -2.27. The maximum Gasteiger partial charge on any atom is 0.0617 e.